The Hall–Kier alpha value is -2.96. The van der Waals surface area contributed by atoms with Crippen LogP contribution in [0.3, 0.4) is 0 Å². The minimum absolute atomic E-state index is 0.0638. The molecule has 1 aromatic heterocycles. The SMILES string of the molecule is COc1ccc(C(=O)N2CCN(C(=O)Cc3ccn(C)c3)CC2)cc1OC. The number of methoxy groups -OCH3 is 2. The van der Waals surface area contributed by atoms with Gasteiger partial charge in [0.25, 0.3) is 5.91 Å². The summed E-state index contributed by atoms with van der Waals surface area (Å²) in [6.45, 7) is 2.14. The number of hydrogen-bond acceptors (Lipinski definition) is 4. The number of piperazine rings is 1. The van der Waals surface area contributed by atoms with Crippen molar-refractivity contribution >= 4 is 11.8 Å². The molecule has 3 rings (SSSR count). The van der Waals surface area contributed by atoms with E-state index in [1.807, 2.05) is 35.0 Å². The van der Waals surface area contributed by atoms with Crippen LogP contribution in [0.2, 0.25) is 0 Å². The Morgan fingerprint density at radius 1 is 0.963 bits per heavy atom. The smallest absolute Gasteiger partial charge is 0.254 e. The van der Waals surface area contributed by atoms with Gasteiger partial charge in [0.2, 0.25) is 5.91 Å². The quantitative estimate of drug-likeness (QED) is 0.800. The number of hydrogen-bond donors (Lipinski definition) is 0. The lowest BCUT2D eigenvalue weighted by Gasteiger charge is -2.35. The fourth-order valence-corrected chi connectivity index (χ4v) is 3.26. The van der Waals surface area contributed by atoms with Crippen molar-refractivity contribution in [2.45, 2.75) is 6.42 Å². The average Bonchev–Trinajstić information content (AvgIpc) is 3.11. The molecule has 1 fully saturated rings. The predicted molar refractivity (Wildman–Crippen MR) is 101 cm³/mol. The van der Waals surface area contributed by atoms with E-state index < -0.39 is 0 Å². The maximum Gasteiger partial charge on any atom is 0.254 e. The number of nitrogens with zero attached hydrogens (tertiary/aromatic N) is 3. The van der Waals surface area contributed by atoms with Gasteiger partial charge in [-0.3, -0.25) is 9.59 Å². The number of amides is 2. The van der Waals surface area contributed by atoms with E-state index >= 15 is 0 Å². The van der Waals surface area contributed by atoms with Gasteiger partial charge >= 0.3 is 0 Å². The maximum atomic E-state index is 12.8. The van der Waals surface area contributed by atoms with Crippen LogP contribution < -0.4 is 9.47 Å². The van der Waals surface area contributed by atoms with E-state index in [4.69, 9.17) is 9.47 Å². The molecule has 0 radical (unpaired) electrons. The third kappa shape index (κ3) is 4.24. The fraction of sp³-hybridized carbons (Fsp3) is 0.400. The van der Waals surface area contributed by atoms with E-state index in [0.29, 0.717) is 49.7 Å². The van der Waals surface area contributed by atoms with Crippen molar-refractivity contribution in [2.75, 3.05) is 40.4 Å². The summed E-state index contributed by atoms with van der Waals surface area (Å²) in [5, 5.41) is 0. The Morgan fingerprint density at radius 2 is 1.63 bits per heavy atom. The number of ether oxygens (including phenoxy) is 2. The summed E-state index contributed by atoms with van der Waals surface area (Å²) < 4.78 is 12.4. The van der Waals surface area contributed by atoms with Gasteiger partial charge in [0.15, 0.2) is 11.5 Å². The van der Waals surface area contributed by atoms with Gasteiger partial charge in [0.05, 0.1) is 20.6 Å². The van der Waals surface area contributed by atoms with Crippen LogP contribution in [-0.2, 0) is 18.3 Å². The van der Waals surface area contributed by atoms with Gasteiger partial charge in [-0.1, -0.05) is 0 Å². The molecule has 0 spiro atoms. The first-order valence-corrected chi connectivity index (χ1v) is 8.91. The van der Waals surface area contributed by atoms with Gasteiger partial charge in [0, 0.05) is 51.2 Å². The van der Waals surface area contributed by atoms with Crippen LogP contribution in [0.15, 0.2) is 36.7 Å². The zero-order valence-electron chi connectivity index (χ0n) is 16.0. The Balaban J connectivity index is 1.58. The van der Waals surface area contributed by atoms with Gasteiger partial charge in [-0.25, -0.2) is 0 Å². The molecule has 27 heavy (non-hydrogen) atoms. The van der Waals surface area contributed by atoms with E-state index in [2.05, 4.69) is 0 Å². The highest BCUT2D eigenvalue weighted by Crippen LogP contribution is 2.28. The normalized spacial score (nSPS) is 14.2. The van der Waals surface area contributed by atoms with Crippen LogP contribution in [0.4, 0.5) is 0 Å². The van der Waals surface area contributed by atoms with Crippen molar-refractivity contribution in [3.8, 4) is 11.5 Å². The minimum Gasteiger partial charge on any atom is -0.493 e. The van der Waals surface area contributed by atoms with Gasteiger partial charge in [-0.05, 0) is 29.8 Å². The van der Waals surface area contributed by atoms with Crippen LogP contribution >= 0.6 is 0 Å². The zero-order valence-corrected chi connectivity index (χ0v) is 16.0. The lowest BCUT2D eigenvalue weighted by molar-refractivity contribution is -0.131. The number of aryl methyl sites for hydroxylation is 1. The molecule has 7 nitrogen and oxygen atoms in total. The molecule has 2 amide bonds. The topological polar surface area (TPSA) is 64.0 Å². The van der Waals surface area contributed by atoms with Crippen LogP contribution in [0, 0.1) is 0 Å². The average molecular weight is 371 g/mol. The highest BCUT2D eigenvalue weighted by molar-refractivity contribution is 5.95. The summed E-state index contributed by atoms with van der Waals surface area (Å²) in [5.41, 5.74) is 1.56. The van der Waals surface area contributed by atoms with E-state index in [0.717, 1.165) is 5.56 Å². The van der Waals surface area contributed by atoms with Crippen LogP contribution in [0.1, 0.15) is 15.9 Å². The van der Waals surface area contributed by atoms with Crippen LogP contribution in [0.5, 0.6) is 11.5 Å². The summed E-state index contributed by atoms with van der Waals surface area (Å²) in [4.78, 5) is 28.8. The van der Waals surface area contributed by atoms with Gasteiger partial charge < -0.3 is 23.8 Å². The standard InChI is InChI=1S/C20H25N3O4/c1-21-7-6-15(14-21)12-19(24)22-8-10-23(11-9-22)20(25)16-4-5-17(26-2)18(13-16)27-3/h4-7,13-14H,8-12H2,1-3H3. The van der Waals surface area contributed by atoms with Gasteiger partial charge in [-0.15, -0.1) is 0 Å². The highest BCUT2D eigenvalue weighted by Gasteiger charge is 2.25. The molecular formula is C20H25N3O4. The summed E-state index contributed by atoms with van der Waals surface area (Å²) in [6, 6.07) is 7.10. The van der Waals surface area contributed by atoms with Crippen molar-refractivity contribution in [3.05, 3.63) is 47.8 Å². The first kappa shape index (κ1) is 18.8. The second kappa shape index (κ2) is 8.16. The molecule has 0 N–H and O–H groups in total. The Bertz CT molecular complexity index is 822. The van der Waals surface area contributed by atoms with E-state index in [1.54, 1.807) is 37.3 Å². The number of carbonyl (C=O) groups excluding carboxylic acids is 2. The molecule has 2 aromatic rings. The highest BCUT2D eigenvalue weighted by atomic mass is 16.5. The van der Waals surface area contributed by atoms with Crippen molar-refractivity contribution in [1.82, 2.24) is 14.4 Å². The Kier molecular flexibility index (Phi) is 5.69. The second-order valence-electron chi connectivity index (χ2n) is 6.60. The first-order valence-electron chi connectivity index (χ1n) is 8.91. The molecule has 1 aromatic carbocycles. The second-order valence-corrected chi connectivity index (χ2v) is 6.60. The Labute approximate surface area is 159 Å². The van der Waals surface area contributed by atoms with Crippen LogP contribution in [-0.4, -0.2) is 66.6 Å². The first-order chi connectivity index (χ1) is 13.0. The molecule has 1 aliphatic rings. The van der Waals surface area contributed by atoms with E-state index in [9.17, 15) is 9.59 Å². The molecular weight excluding hydrogens is 346 g/mol. The van der Waals surface area contributed by atoms with E-state index in [-0.39, 0.29) is 11.8 Å². The molecule has 144 valence electrons. The molecule has 7 heteroatoms. The molecule has 0 unspecified atom stereocenters. The van der Waals surface area contributed by atoms with Gasteiger partial charge in [-0.2, -0.15) is 0 Å². The number of aromatic nitrogens is 1. The lowest BCUT2D eigenvalue weighted by Crippen LogP contribution is -2.51. The molecule has 1 aliphatic heterocycles. The number of carbonyl (C=O) groups is 2. The summed E-state index contributed by atoms with van der Waals surface area (Å²) in [6.07, 6.45) is 4.28. The molecule has 2 heterocycles. The largest absolute Gasteiger partial charge is 0.493 e. The summed E-state index contributed by atoms with van der Waals surface area (Å²) >= 11 is 0. The van der Waals surface area contributed by atoms with Gasteiger partial charge in [0.1, 0.15) is 0 Å². The summed E-state index contributed by atoms with van der Waals surface area (Å²) in [5.74, 6) is 1.15. The third-order valence-corrected chi connectivity index (χ3v) is 4.80. The molecule has 0 aliphatic carbocycles. The van der Waals surface area contributed by atoms with Crippen molar-refractivity contribution in [1.29, 1.82) is 0 Å². The maximum absolute atomic E-state index is 12.8. The number of benzene rings is 1. The number of rotatable bonds is 5. The fourth-order valence-electron chi connectivity index (χ4n) is 3.26. The Morgan fingerprint density at radius 3 is 2.22 bits per heavy atom. The molecule has 0 saturated carbocycles. The molecule has 1 saturated heterocycles. The zero-order chi connectivity index (χ0) is 19.4. The lowest BCUT2D eigenvalue weighted by atomic mass is 10.1. The van der Waals surface area contributed by atoms with Crippen molar-refractivity contribution in [2.24, 2.45) is 7.05 Å². The molecule has 0 atom stereocenters. The summed E-state index contributed by atoms with van der Waals surface area (Å²) in [7, 11) is 5.04. The van der Waals surface area contributed by atoms with Crippen LogP contribution in [0.25, 0.3) is 0 Å². The molecule has 0 bridgehead atoms. The monoisotopic (exact) mass is 371 g/mol. The minimum atomic E-state index is -0.0638. The third-order valence-electron chi connectivity index (χ3n) is 4.80. The van der Waals surface area contributed by atoms with Crippen molar-refractivity contribution in [3.63, 3.8) is 0 Å². The van der Waals surface area contributed by atoms with Crippen molar-refractivity contribution < 1.29 is 19.1 Å². The van der Waals surface area contributed by atoms with E-state index in [1.165, 1.54) is 0 Å². The predicted octanol–water partition coefficient (Wildman–Crippen LogP) is 1.57.